The van der Waals surface area contributed by atoms with Crippen LogP contribution in [0.5, 0.6) is 0 Å². The van der Waals surface area contributed by atoms with Gasteiger partial charge in [0.25, 0.3) is 0 Å². The van der Waals surface area contributed by atoms with Crippen molar-refractivity contribution in [1.29, 1.82) is 0 Å². The number of hydrogen-bond donors (Lipinski definition) is 0. The molecule has 0 aromatic heterocycles. The highest BCUT2D eigenvalue weighted by molar-refractivity contribution is 8.02. The third-order valence-corrected chi connectivity index (χ3v) is 13.0. The molecule has 0 amide bonds. The molecule has 0 heterocycles. The van der Waals surface area contributed by atoms with Gasteiger partial charge in [0.15, 0.2) is 0 Å². The molecule has 1 unspecified atom stereocenters. The largest absolute Gasteiger partial charge is 0.123 e. The van der Waals surface area contributed by atoms with E-state index in [0.717, 1.165) is 0 Å². The first-order valence-corrected chi connectivity index (χ1v) is 10.3. The fourth-order valence-electron chi connectivity index (χ4n) is 2.42. The molecule has 92 valence electrons. The van der Waals surface area contributed by atoms with Gasteiger partial charge in [-0.25, -0.2) is 0 Å². The van der Waals surface area contributed by atoms with Crippen LogP contribution in [0.25, 0.3) is 0 Å². The average molecular weight is 262 g/mol. The minimum absolute atomic E-state index is 0.558. The van der Waals surface area contributed by atoms with E-state index in [1.807, 2.05) is 0 Å². The Balaban J connectivity index is 2.18. The highest BCUT2D eigenvalue weighted by atomic mass is 32.2. The summed E-state index contributed by atoms with van der Waals surface area (Å²) in [7, 11) is -1.26. The molecule has 2 heteroatoms. The van der Waals surface area contributed by atoms with Gasteiger partial charge in [0.2, 0.25) is 0 Å². The molecule has 2 rings (SSSR count). The summed E-state index contributed by atoms with van der Waals surface area (Å²) in [6, 6.07) is 10.9. The van der Waals surface area contributed by atoms with E-state index in [-0.39, 0.29) is 0 Å². The lowest BCUT2D eigenvalue weighted by Gasteiger charge is -2.36. The van der Waals surface area contributed by atoms with Gasteiger partial charge in [-0.1, -0.05) is 44.3 Å². The standard InChI is InChI=1S/C15H22SSi/c1-5-13(2)17(3,4)15(11-12-15)16-14-9-7-6-8-10-14/h5-10,13H,1,11-12H2,2-4H3. The summed E-state index contributed by atoms with van der Waals surface area (Å²) in [5, 5.41) is 0. The SMILES string of the molecule is C=CC(C)[Si](C)(C)C1(Sc2ccccc2)CC1. The average Bonchev–Trinajstić information content (AvgIpc) is 3.10. The van der Waals surface area contributed by atoms with Crippen LogP contribution in [-0.2, 0) is 0 Å². The smallest absolute Gasteiger partial charge is 0.0725 e. The zero-order valence-electron chi connectivity index (χ0n) is 11.1. The molecule has 1 atom stereocenters. The second kappa shape index (κ2) is 4.66. The molecule has 17 heavy (non-hydrogen) atoms. The van der Waals surface area contributed by atoms with Gasteiger partial charge in [0.05, 0.1) is 8.07 Å². The van der Waals surface area contributed by atoms with E-state index in [4.69, 9.17) is 0 Å². The van der Waals surface area contributed by atoms with Crippen molar-refractivity contribution < 1.29 is 0 Å². The van der Waals surface area contributed by atoms with Gasteiger partial charge in [0, 0.05) is 9.27 Å². The van der Waals surface area contributed by atoms with Crippen LogP contribution in [0.15, 0.2) is 47.9 Å². The molecular weight excluding hydrogens is 240 g/mol. The Morgan fingerprint density at radius 2 is 1.88 bits per heavy atom. The third-order valence-electron chi connectivity index (χ3n) is 4.43. The monoisotopic (exact) mass is 262 g/mol. The second-order valence-electron chi connectivity index (χ2n) is 5.66. The lowest BCUT2D eigenvalue weighted by molar-refractivity contribution is 1.06. The van der Waals surface area contributed by atoms with Crippen LogP contribution in [0.1, 0.15) is 19.8 Å². The minimum Gasteiger partial charge on any atom is -0.123 e. The number of rotatable bonds is 5. The normalized spacial score (nSPS) is 19.7. The van der Waals surface area contributed by atoms with E-state index in [1.165, 1.54) is 17.7 Å². The molecule has 1 saturated carbocycles. The van der Waals surface area contributed by atoms with Gasteiger partial charge in [-0.3, -0.25) is 0 Å². The van der Waals surface area contributed by atoms with Crippen molar-refractivity contribution in [3.63, 3.8) is 0 Å². The summed E-state index contributed by atoms with van der Waals surface area (Å²) >= 11 is 2.12. The number of allylic oxidation sites excluding steroid dienone is 1. The molecule has 0 radical (unpaired) electrons. The Kier molecular flexibility index (Phi) is 3.55. The van der Waals surface area contributed by atoms with Gasteiger partial charge < -0.3 is 0 Å². The topological polar surface area (TPSA) is 0 Å². The predicted octanol–water partition coefficient (Wildman–Crippen LogP) is 5.14. The molecule has 0 aliphatic heterocycles. The predicted molar refractivity (Wildman–Crippen MR) is 81.4 cm³/mol. The van der Waals surface area contributed by atoms with E-state index < -0.39 is 8.07 Å². The molecule has 1 aromatic carbocycles. The first-order chi connectivity index (χ1) is 8.02. The summed E-state index contributed by atoms with van der Waals surface area (Å²) in [4.78, 5) is 1.43. The van der Waals surface area contributed by atoms with Crippen molar-refractivity contribution in [3.8, 4) is 0 Å². The van der Waals surface area contributed by atoms with Crippen LogP contribution in [-0.4, -0.2) is 12.4 Å². The molecule has 0 N–H and O–H groups in total. The van der Waals surface area contributed by atoms with Gasteiger partial charge in [-0.2, -0.15) is 0 Å². The van der Waals surface area contributed by atoms with E-state index >= 15 is 0 Å². The number of hydrogen-bond acceptors (Lipinski definition) is 1. The molecule has 1 fully saturated rings. The van der Waals surface area contributed by atoms with Crippen molar-refractivity contribution in [3.05, 3.63) is 43.0 Å². The molecule has 0 saturated heterocycles. The van der Waals surface area contributed by atoms with Crippen molar-refractivity contribution in [2.24, 2.45) is 0 Å². The maximum absolute atomic E-state index is 4.00. The Labute approximate surface area is 111 Å². The number of thioether (sulfide) groups is 1. The fourth-order valence-corrected chi connectivity index (χ4v) is 8.26. The van der Waals surface area contributed by atoms with E-state index in [0.29, 0.717) is 9.91 Å². The van der Waals surface area contributed by atoms with E-state index in [1.54, 1.807) is 0 Å². The number of benzene rings is 1. The zero-order chi connectivity index (χ0) is 12.5. The maximum Gasteiger partial charge on any atom is 0.0725 e. The molecule has 0 bridgehead atoms. The summed E-state index contributed by atoms with van der Waals surface area (Å²) in [5.74, 6) is 0. The van der Waals surface area contributed by atoms with Crippen molar-refractivity contribution in [1.82, 2.24) is 0 Å². The van der Waals surface area contributed by atoms with Gasteiger partial charge >= 0.3 is 0 Å². The van der Waals surface area contributed by atoms with Crippen LogP contribution in [0, 0.1) is 0 Å². The van der Waals surface area contributed by atoms with E-state index in [2.05, 4.69) is 74.8 Å². The molecule has 0 spiro atoms. The van der Waals surface area contributed by atoms with Gasteiger partial charge in [-0.15, -0.1) is 18.3 Å². The van der Waals surface area contributed by atoms with Crippen LogP contribution >= 0.6 is 11.8 Å². The van der Waals surface area contributed by atoms with E-state index in [9.17, 15) is 0 Å². The lowest BCUT2D eigenvalue weighted by Crippen LogP contribution is -2.44. The molecule has 0 nitrogen and oxygen atoms in total. The highest BCUT2D eigenvalue weighted by Crippen LogP contribution is 2.60. The molecule has 1 aromatic rings. The summed E-state index contributed by atoms with van der Waals surface area (Å²) < 4.78 is 0.558. The molecule has 1 aliphatic carbocycles. The van der Waals surface area contributed by atoms with Crippen LogP contribution < -0.4 is 0 Å². The first kappa shape index (κ1) is 13.0. The second-order valence-corrected chi connectivity index (χ2v) is 12.8. The minimum atomic E-state index is -1.26. The lowest BCUT2D eigenvalue weighted by atomic mass is 10.4. The quantitative estimate of drug-likeness (QED) is 0.523. The third kappa shape index (κ3) is 2.38. The van der Waals surface area contributed by atoms with Crippen molar-refractivity contribution >= 4 is 19.8 Å². The van der Waals surface area contributed by atoms with Gasteiger partial charge in [-0.05, 0) is 30.5 Å². The Morgan fingerprint density at radius 1 is 1.29 bits per heavy atom. The first-order valence-electron chi connectivity index (χ1n) is 6.38. The van der Waals surface area contributed by atoms with Crippen LogP contribution in [0.4, 0.5) is 0 Å². The Hall–Kier alpha value is -0.473. The van der Waals surface area contributed by atoms with Crippen LogP contribution in [0.3, 0.4) is 0 Å². The molecular formula is C15H22SSi. The van der Waals surface area contributed by atoms with Gasteiger partial charge in [0.1, 0.15) is 0 Å². The Morgan fingerprint density at radius 3 is 2.35 bits per heavy atom. The van der Waals surface area contributed by atoms with Crippen LogP contribution in [0.2, 0.25) is 18.6 Å². The zero-order valence-corrected chi connectivity index (χ0v) is 12.9. The van der Waals surface area contributed by atoms with Crippen molar-refractivity contribution in [2.75, 3.05) is 0 Å². The summed E-state index contributed by atoms with van der Waals surface area (Å²) in [6.45, 7) is 11.4. The van der Waals surface area contributed by atoms with Crippen molar-refractivity contribution in [2.45, 2.75) is 47.7 Å². The molecule has 1 aliphatic rings. The highest BCUT2D eigenvalue weighted by Gasteiger charge is 2.57. The Bertz CT molecular complexity index is 393. The fraction of sp³-hybridized carbons (Fsp3) is 0.467. The summed E-state index contributed by atoms with van der Waals surface area (Å²) in [6.07, 6.45) is 4.95. The maximum atomic E-state index is 4.00. The summed E-state index contributed by atoms with van der Waals surface area (Å²) in [5.41, 5.74) is 0.696.